The zero-order valence-corrected chi connectivity index (χ0v) is 8.08. The van der Waals surface area contributed by atoms with Crippen molar-refractivity contribution in [1.29, 1.82) is 0 Å². The van der Waals surface area contributed by atoms with E-state index in [-0.39, 0.29) is 17.9 Å². The third kappa shape index (κ3) is 1.67. The Labute approximate surface area is 82.2 Å². The van der Waals surface area contributed by atoms with Crippen LogP contribution in [0, 0.1) is 0 Å². The third-order valence-electron chi connectivity index (χ3n) is 3.14. The largest absolute Gasteiger partial charge is 0.367 e. The summed E-state index contributed by atoms with van der Waals surface area (Å²) in [5, 5.41) is 0. The minimum absolute atomic E-state index is 0. The van der Waals surface area contributed by atoms with Crippen LogP contribution in [0.2, 0.25) is 0 Å². The van der Waals surface area contributed by atoms with Gasteiger partial charge in [-0.15, -0.1) is 12.4 Å². The summed E-state index contributed by atoms with van der Waals surface area (Å²) in [5.74, 6) is 0. The van der Waals surface area contributed by atoms with Crippen LogP contribution in [0.15, 0.2) is 0 Å². The zero-order chi connectivity index (χ0) is 8.82. The van der Waals surface area contributed by atoms with Crippen molar-refractivity contribution >= 4 is 12.4 Å². The van der Waals surface area contributed by atoms with E-state index in [1.54, 1.807) is 0 Å². The third-order valence-corrected chi connectivity index (χ3v) is 3.14. The average Bonchev–Trinajstić information content (AvgIpc) is 2.06. The SMILES string of the molecule is Cl.NC12CCC(C(F)F)(CC1)OC2. The maximum Gasteiger partial charge on any atom is 0.267 e. The van der Waals surface area contributed by atoms with Gasteiger partial charge in [-0.2, -0.15) is 0 Å². The molecule has 2 N–H and O–H groups in total. The molecule has 3 fully saturated rings. The van der Waals surface area contributed by atoms with Crippen molar-refractivity contribution in [3.8, 4) is 0 Å². The van der Waals surface area contributed by atoms with Gasteiger partial charge in [0.2, 0.25) is 0 Å². The van der Waals surface area contributed by atoms with Crippen molar-refractivity contribution in [2.75, 3.05) is 6.61 Å². The van der Waals surface area contributed by atoms with Gasteiger partial charge in [0.15, 0.2) is 0 Å². The number of ether oxygens (including phenoxy) is 1. The fourth-order valence-electron chi connectivity index (χ4n) is 2.03. The normalized spacial score (nSPS) is 43.4. The molecule has 78 valence electrons. The van der Waals surface area contributed by atoms with Gasteiger partial charge < -0.3 is 10.5 Å². The number of fused-ring (bicyclic) bond motifs is 3. The summed E-state index contributed by atoms with van der Waals surface area (Å²) < 4.78 is 30.3. The average molecular weight is 214 g/mol. The van der Waals surface area contributed by atoms with E-state index in [4.69, 9.17) is 10.5 Å². The van der Waals surface area contributed by atoms with Gasteiger partial charge >= 0.3 is 0 Å². The van der Waals surface area contributed by atoms with Crippen molar-refractivity contribution < 1.29 is 13.5 Å². The Morgan fingerprint density at radius 1 is 1.15 bits per heavy atom. The highest BCUT2D eigenvalue weighted by Gasteiger charge is 2.52. The predicted molar refractivity (Wildman–Crippen MR) is 47.3 cm³/mol. The molecule has 0 spiro atoms. The van der Waals surface area contributed by atoms with Crippen molar-refractivity contribution in [3.63, 3.8) is 0 Å². The first-order chi connectivity index (χ1) is 5.56. The van der Waals surface area contributed by atoms with Crippen LogP contribution in [0.3, 0.4) is 0 Å². The molecule has 1 saturated carbocycles. The number of hydrogen-bond acceptors (Lipinski definition) is 2. The molecule has 3 rings (SSSR count). The fourth-order valence-corrected chi connectivity index (χ4v) is 2.03. The number of halogens is 3. The lowest BCUT2D eigenvalue weighted by Crippen LogP contribution is -2.62. The molecule has 2 aliphatic heterocycles. The number of rotatable bonds is 1. The van der Waals surface area contributed by atoms with E-state index in [2.05, 4.69) is 0 Å². The summed E-state index contributed by atoms with van der Waals surface area (Å²) in [6, 6.07) is 0. The van der Waals surface area contributed by atoms with E-state index in [1.165, 1.54) is 0 Å². The summed E-state index contributed by atoms with van der Waals surface area (Å²) in [6.07, 6.45) is -0.167. The first-order valence-electron chi connectivity index (χ1n) is 4.27. The first-order valence-corrected chi connectivity index (χ1v) is 4.27. The van der Waals surface area contributed by atoms with Gasteiger partial charge in [-0.25, -0.2) is 8.78 Å². The molecule has 0 atom stereocenters. The van der Waals surface area contributed by atoms with Crippen molar-refractivity contribution in [2.24, 2.45) is 5.73 Å². The van der Waals surface area contributed by atoms with Crippen LogP contribution in [-0.2, 0) is 4.74 Å². The van der Waals surface area contributed by atoms with E-state index in [0.29, 0.717) is 32.3 Å². The molecular weight excluding hydrogens is 200 g/mol. The van der Waals surface area contributed by atoms with Gasteiger partial charge in [-0.3, -0.25) is 0 Å². The minimum atomic E-state index is -2.36. The quantitative estimate of drug-likeness (QED) is 0.720. The number of nitrogens with two attached hydrogens (primary N) is 1. The van der Waals surface area contributed by atoms with E-state index in [0.717, 1.165) is 0 Å². The fraction of sp³-hybridized carbons (Fsp3) is 1.00. The van der Waals surface area contributed by atoms with Gasteiger partial charge in [0.25, 0.3) is 6.43 Å². The standard InChI is InChI=1S/C8H13F2NO.ClH/c9-6(10)8-3-1-7(11,2-4-8)5-12-8;/h6H,1-5,11H2;1H. The molecule has 0 aromatic rings. The van der Waals surface area contributed by atoms with Crippen LogP contribution >= 0.6 is 12.4 Å². The summed E-state index contributed by atoms with van der Waals surface area (Å²) in [6.45, 7) is 0.303. The molecule has 3 aliphatic rings. The lowest BCUT2D eigenvalue weighted by atomic mass is 9.72. The van der Waals surface area contributed by atoms with Crippen LogP contribution < -0.4 is 5.73 Å². The molecule has 13 heavy (non-hydrogen) atoms. The second-order valence-corrected chi connectivity index (χ2v) is 4.02. The Morgan fingerprint density at radius 2 is 1.69 bits per heavy atom. The Morgan fingerprint density at radius 3 is 2.00 bits per heavy atom. The van der Waals surface area contributed by atoms with E-state index in [9.17, 15) is 8.78 Å². The monoisotopic (exact) mass is 213 g/mol. The molecule has 0 aromatic carbocycles. The Balaban J connectivity index is 0.000000845. The molecule has 1 aliphatic carbocycles. The van der Waals surface area contributed by atoms with Crippen molar-refractivity contribution in [3.05, 3.63) is 0 Å². The summed E-state index contributed by atoms with van der Waals surface area (Å²) in [4.78, 5) is 0. The Bertz CT molecular complexity index is 176. The molecule has 0 unspecified atom stereocenters. The first kappa shape index (κ1) is 11.1. The van der Waals surface area contributed by atoms with Crippen LogP contribution in [-0.4, -0.2) is 24.2 Å². The topological polar surface area (TPSA) is 35.2 Å². The molecule has 2 bridgehead atoms. The molecule has 2 heterocycles. The van der Waals surface area contributed by atoms with Crippen molar-refractivity contribution in [1.82, 2.24) is 0 Å². The minimum Gasteiger partial charge on any atom is -0.367 e. The molecule has 0 amide bonds. The van der Waals surface area contributed by atoms with Gasteiger partial charge in [0.1, 0.15) is 5.60 Å². The smallest absolute Gasteiger partial charge is 0.267 e. The summed E-state index contributed by atoms with van der Waals surface area (Å²) >= 11 is 0. The highest BCUT2D eigenvalue weighted by Crippen LogP contribution is 2.45. The highest BCUT2D eigenvalue weighted by molar-refractivity contribution is 5.85. The van der Waals surface area contributed by atoms with Crippen LogP contribution in [0.25, 0.3) is 0 Å². The molecule has 0 aromatic heterocycles. The van der Waals surface area contributed by atoms with Gasteiger partial charge in [-0.1, -0.05) is 0 Å². The van der Waals surface area contributed by atoms with Crippen LogP contribution in [0.1, 0.15) is 25.7 Å². The Kier molecular flexibility index (Phi) is 2.86. The molecule has 2 saturated heterocycles. The molecule has 2 nitrogen and oxygen atoms in total. The number of alkyl halides is 2. The van der Waals surface area contributed by atoms with Gasteiger partial charge in [-0.05, 0) is 25.7 Å². The summed E-state index contributed by atoms with van der Waals surface area (Å²) in [7, 11) is 0. The van der Waals surface area contributed by atoms with Crippen molar-refractivity contribution in [2.45, 2.75) is 43.2 Å². The van der Waals surface area contributed by atoms with Crippen LogP contribution in [0.4, 0.5) is 8.78 Å². The van der Waals surface area contributed by atoms with E-state index >= 15 is 0 Å². The predicted octanol–water partition coefficient (Wildman–Crippen LogP) is 1.71. The number of hydrogen-bond donors (Lipinski definition) is 1. The lowest BCUT2D eigenvalue weighted by molar-refractivity contribution is -0.213. The van der Waals surface area contributed by atoms with Gasteiger partial charge in [0.05, 0.1) is 6.61 Å². The second kappa shape index (κ2) is 3.33. The van der Waals surface area contributed by atoms with Gasteiger partial charge in [0, 0.05) is 5.54 Å². The lowest BCUT2D eigenvalue weighted by Gasteiger charge is -2.50. The van der Waals surface area contributed by atoms with E-state index < -0.39 is 12.0 Å². The Hall–Kier alpha value is 0.0700. The second-order valence-electron chi connectivity index (χ2n) is 4.02. The summed E-state index contributed by atoms with van der Waals surface area (Å²) in [5.41, 5.74) is 4.42. The van der Waals surface area contributed by atoms with Crippen LogP contribution in [0.5, 0.6) is 0 Å². The maximum atomic E-state index is 12.6. The van der Waals surface area contributed by atoms with E-state index in [1.807, 2.05) is 0 Å². The zero-order valence-electron chi connectivity index (χ0n) is 7.26. The molecule has 0 radical (unpaired) electrons. The maximum absolute atomic E-state index is 12.6. The molecular formula is C8H14ClF2NO. The molecule has 5 heteroatoms. The highest BCUT2D eigenvalue weighted by atomic mass is 35.5.